The van der Waals surface area contributed by atoms with Crippen LogP contribution in [0.1, 0.15) is 0 Å². The molecule has 0 bridgehead atoms. The van der Waals surface area contributed by atoms with E-state index >= 15 is 0 Å². The third-order valence-electron chi connectivity index (χ3n) is 12.2. The number of anilines is 3. The summed E-state index contributed by atoms with van der Waals surface area (Å²) in [6, 6.07) is 84.1. The number of nitrogens with zero attached hydrogens (tertiary/aromatic N) is 2. The molecule has 0 atom stereocenters. The molecular formula is C58H38N2S. The van der Waals surface area contributed by atoms with Crippen LogP contribution in [0.4, 0.5) is 17.1 Å². The van der Waals surface area contributed by atoms with Gasteiger partial charge < -0.3 is 9.47 Å². The van der Waals surface area contributed by atoms with Crippen molar-refractivity contribution in [3.05, 3.63) is 231 Å². The fourth-order valence-electron chi connectivity index (χ4n) is 9.23. The first-order valence-electron chi connectivity index (χ1n) is 20.8. The number of benzene rings is 10. The molecule has 2 aromatic heterocycles. The molecule has 286 valence electrons. The molecule has 61 heavy (non-hydrogen) atoms. The van der Waals surface area contributed by atoms with Gasteiger partial charge in [0.1, 0.15) is 0 Å². The Morgan fingerprint density at radius 2 is 0.885 bits per heavy atom. The zero-order valence-electron chi connectivity index (χ0n) is 33.2. The van der Waals surface area contributed by atoms with Crippen LogP contribution in [0.2, 0.25) is 0 Å². The first-order chi connectivity index (χ1) is 30.2. The zero-order valence-corrected chi connectivity index (χ0v) is 34.1. The van der Waals surface area contributed by atoms with E-state index in [1.54, 1.807) is 0 Å². The summed E-state index contributed by atoms with van der Waals surface area (Å²) >= 11 is 1.88. The molecule has 0 saturated heterocycles. The lowest BCUT2D eigenvalue weighted by atomic mass is 9.97. The molecule has 12 aromatic rings. The highest BCUT2D eigenvalue weighted by Gasteiger charge is 2.17. The van der Waals surface area contributed by atoms with E-state index in [4.69, 9.17) is 0 Å². The van der Waals surface area contributed by atoms with Crippen LogP contribution < -0.4 is 4.90 Å². The van der Waals surface area contributed by atoms with Crippen LogP contribution in [0.5, 0.6) is 0 Å². The molecular weight excluding hydrogens is 757 g/mol. The number of hydrogen-bond acceptors (Lipinski definition) is 2. The first-order valence-corrected chi connectivity index (χ1v) is 21.6. The summed E-state index contributed by atoms with van der Waals surface area (Å²) in [6.07, 6.45) is 0. The van der Waals surface area contributed by atoms with E-state index in [0.717, 1.165) is 17.1 Å². The summed E-state index contributed by atoms with van der Waals surface area (Å²) in [7, 11) is 0. The van der Waals surface area contributed by atoms with Crippen molar-refractivity contribution in [2.75, 3.05) is 4.90 Å². The molecule has 0 fully saturated rings. The fourth-order valence-corrected chi connectivity index (χ4v) is 10.5. The number of aromatic nitrogens is 1. The molecule has 0 N–H and O–H groups in total. The van der Waals surface area contributed by atoms with Gasteiger partial charge in [0.05, 0.1) is 11.0 Å². The van der Waals surface area contributed by atoms with E-state index in [-0.39, 0.29) is 0 Å². The second-order valence-electron chi connectivity index (χ2n) is 15.7. The van der Waals surface area contributed by atoms with Crippen LogP contribution in [0.25, 0.3) is 91.8 Å². The van der Waals surface area contributed by atoms with Gasteiger partial charge in [-0.15, -0.1) is 11.3 Å². The third-order valence-corrected chi connectivity index (χ3v) is 13.4. The number of fused-ring (bicyclic) bond motifs is 8. The Hall–Kier alpha value is -7.72. The summed E-state index contributed by atoms with van der Waals surface area (Å²) in [6.45, 7) is 0. The van der Waals surface area contributed by atoms with Crippen molar-refractivity contribution in [1.82, 2.24) is 4.57 Å². The third kappa shape index (κ3) is 6.09. The lowest BCUT2D eigenvalue weighted by molar-refractivity contribution is 1.18. The van der Waals surface area contributed by atoms with Crippen LogP contribution >= 0.6 is 11.3 Å². The van der Waals surface area contributed by atoms with Gasteiger partial charge in [-0.25, -0.2) is 0 Å². The van der Waals surface area contributed by atoms with Gasteiger partial charge in [0.15, 0.2) is 0 Å². The highest BCUT2D eigenvalue weighted by Crippen LogP contribution is 2.43. The SMILES string of the molecule is c1ccc(-c2ccc(N(c3cccc(-c4cccc(-c5ccc6c(c5)c5ccccc5n6-c5ccccc5)c4)c3)c3ccc4c(ccc5c6ccccc6sc45)c3)cc2)cc1. The Balaban J connectivity index is 0.956. The molecule has 0 aliphatic carbocycles. The molecule has 0 saturated carbocycles. The van der Waals surface area contributed by atoms with Gasteiger partial charge in [-0.2, -0.15) is 0 Å². The van der Waals surface area contributed by atoms with E-state index in [0.29, 0.717) is 0 Å². The number of para-hydroxylation sites is 2. The average Bonchev–Trinajstić information content (AvgIpc) is 3.88. The van der Waals surface area contributed by atoms with Gasteiger partial charge in [0, 0.05) is 53.7 Å². The summed E-state index contributed by atoms with van der Waals surface area (Å²) in [5.74, 6) is 0. The summed E-state index contributed by atoms with van der Waals surface area (Å²) < 4.78 is 5.04. The topological polar surface area (TPSA) is 8.17 Å². The predicted molar refractivity (Wildman–Crippen MR) is 262 cm³/mol. The summed E-state index contributed by atoms with van der Waals surface area (Å²) in [5.41, 5.74) is 14.1. The van der Waals surface area contributed by atoms with Crippen molar-refractivity contribution in [3.63, 3.8) is 0 Å². The van der Waals surface area contributed by atoms with Gasteiger partial charge in [0.2, 0.25) is 0 Å². The normalized spacial score (nSPS) is 11.6. The molecule has 0 spiro atoms. The van der Waals surface area contributed by atoms with E-state index < -0.39 is 0 Å². The highest BCUT2D eigenvalue weighted by atomic mass is 32.1. The largest absolute Gasteiger partial charge is 0.310 e. The van der Waals surface area contributed by atoms with Crippen molar-refractivity contribution in [2.24, 2.45) is 0 Å². The molecule has 2 nitrogen and oxygen atoms in total. The molecule has 0 unspecified atom stereocenters. The van der Waals surface area contributed by atoms with Crippen molar-refractivity contribution < 1.29 is 0 Å². The van der Waals surface area contributed by atoms with E-state index in [2.05, 4.69) is 240 Å². The first kappa shape index (κ1) is 35.2. The second kappa shape index (κ2) is 14.5. The lowest BCUT2D eigenvalue weighted by Crippen LogP contribution is -2.10. The van der Waals surface area contributed by atoms with Crippen LogP contribution in [-0.4, -0.2) is 4.57 Å². The Bertz CT molecular complexity index is 3580. The van der Waals surface area contributed by atoms with Crippen LogP contribution in [0.3, 0.4) is 0 Å². The minimum atomic E-state index is 1.10. The molecule has 0 aliphatic heterocycles. The van der Waals surface area contributed by atoms with Crippen LogP contribution in [0, 0.1) is 0 Å². The van der Waals surface area contributed by atoms with Crippen LogP contribution in [0.15, 0.2) is 231 Å². The quantitative estimate of drug-likeness (QED) is 0.156. The summed E-state index contributed by atoms with van der Waals surface area (Å²) in [4.78, 5) is 2.40. The van der Waals surface area contributed by atoms with Gasteiger partial charge in [0.25, 0.3) is 0 Å². The standard InChI is InChI=1S/C58H38N2S/c1-3-13-39(14-4-1)40-25-29-47(30-26-40)59(49-31-33-50-45(37-49)27-32-53-52-22-8-10-24-57(52)61-58(50)53)48-20-12-17-43(36-48)41-15-11-16-42(35-41)44-28-34-56-54(38-44)51-21-7-9-23-55(51)60(56)46-18-5-2-6-19-46/h1-38H. The fraction of sp³-hybridized carbons (Fsp3) is 0. The average molecular weight is 795 g/mol. The Kier molecular flexibility index (Phi) is 8.39. The van der Waals surface area contributed by atoms with Gasteiger partial charge in [-0.05, 0) is 123 Å². The highest BCUT2D eigenvalue weighted by molar-refractivity contribution is 7.26. The van der Waals surface area contributed by atoms with E-state index in [1.165, 1.54) is 91.8 Å². The summed E-state index contributed by atoms with van der Waals surface area (Å²) in [5, 5.41) is 7.67. The Morgan fingerprint density at radius 3 is 1.70 bits per heavy atom. The van der Waals surface area contributed by atoms with Crippen molar-refractivity contribution >= 4 is 81.1 Å². The molecule has 0 amide bonds. The number of thiophene rings is 1. The van der Waals surface area contributed by atoms with Crippen molar-refractivity contribution in [3.8, 4) is 39.1 Å². The van der Waals surface area contributed by atoms with E-state index in [1.807, 2.05) is 11.3 Å². The minimum absolute atomic E-state index is 1.10. The molecule has 3 heteroatoms. The Labute approximate surface area is 358 Å². The van der Waals surface area contributed by atoms with Crippen molar-refractivity contribution in [1.29, 1.82) is 0 Å². The van der Waals surface area contributed by atoms with Crippen LogP contribution in [-0.2, 0) is 0 Å². The maximum atomic E-state index is 2.40. The number of hydrogen-bond donors (Lipinski definition) is 0. The monoisotopic (exact) mass is 794 g/mol. The zero-order chi connectivity index (χ0) is 40.3. The molecule has 2 heterocycles. The molecule has 0 radical (unpaired) electrons. The van der Waals surface area contributed by atoms with E-state index in [9.17, 15) is 0 Å². The van der Waals surface area contributed by atoms with Gasteiger partial charge in [-0.3, -0.25) is 0 Å². The predicted octanol–water partition coefficient (Wildman–Crippen LogP) is 16.8. The molecule has 10 aromatic carbocycles. The molecule has 12 rings (SSSR count). The minimum Gasteiger partial charge on any atom is -0.310 e. The maximum Gasteiger partial charge on any atom is 0.0541 e. The van der Waals surface area contributed by atoms with Crippen molar-refractivity contribution in [2.45, 2.75) is 0 Å². The smallest absolute Gasteiger partial charge is 0.0541 e. The lowest BCUT2D eigenvalue weighted by Gasteiger charge is -2.26. The maximum absolute atomic E-state index is 2.40. The van der Waals surface area contributed by atoms with Gasteiger partial charge >= 0.3 is 0 Å². The Morgan fingerprint density at radius 1 is 0.311 bits per heavy atom. The van der Waals surface area contributed by atoms with Gasteiger partial charge in [-0.1, -0.05) is 152 Å². The molecule has 0 aliphatic rings. The number of rotatable bonds is 7. The second-order valence-corrected chi connectivity index (χ2v) is 16.8.